The normalized spacial score (nSPS) is 18.3. The fraction of sp³-hybridized carbons (Fsp3) is 0.240. The van der Waals surface area contributed by atoms with E-state index in [9.17, 15) is 21.6 Å². The Morgan fingerprint density at radius 1 is 1.03 bits per heavy atom. The first kappa shape index (κ1) is 26.7. The van der Waals surface area contributed by atoms with Crippen LogP contribution in [0.2, 0.25) is 0 Å². The molecule has 1 aliphatic heterocycles. The second-order valence-corrected chi connectivity index (χ2v) is 11.2. The highest BCUT2D eigenvalue weighted by Crippen LogP contribution is 2.38. The number of aromatic nitrogens is 4. The van der Waals surface area contributed by atoms with Crippen molar-refractivity contribution in [2.45, 2.75) is 30.1 Å². The summed E-state index contributed by atoms with van der Waals surface area (Å²) in [5, 5.41) is 4.12. The van der Waals surface area contributed by atoms with Crippen molar-refractivity contribution in [2.24, 2.45) is 11.5 Å². The third kappa shape index (κ3) is 5.63. The van der Waals surface area contributed by atoms with Crippen molar-refractivity contribution >= 4 is 15.5 Å². The molecule has 4 aromatic rings. The molecule has 2 aromatic carbocycles. The quantitative estimate of drug-likeness (QED) is 0.366. The minimum absolute atomic E-state index is 0.0958. The maximum Gasteiger partial charge on any atom is 0.401 e. The summed E-state index contributed by atoms with van der Waals surface area (Å²) in [6.07, 6.45) is -3.00. The number of benzene rings is 2. The van der Waals surface area contributed by atoms with E-state index < -0.39 is 35.0 Å². The molecule has 0 saturated carbocycles. The van der Waals surface area contributed by atoms with E-state index in [-0.39, 0.29) is 17.1 Å². The van der Waals surface area contributed by atoms with Crippen LogP contribution in [0.4, 0.5) is 18.9 Å². The molecule has 0 amide bonds. The minimum atomic E-state index is -4.56. The van der Waals surface area contributed by atoms with Crippen LogP contribution in [0.1, 0.15) is 17.4 Å². The fourth-order valence-electron chi connectivity index (χ4n) is 4.53. The molecule has 4 N–H and O–H groups in total. The predicted molar refractivity (Wildman–Crippen MR) is 138 cm³/mol. The molecule has 2 unspecified atom stereocenters. The van der Waals surface area contributed by atoms with Gasteiger partial charge in [0.25, 0.3) is 0 Å². The molecule has 39 heavy (non-hydrogen) atoms. The van der Waals surface area contributed by atoms with Gasteiger partial charge in [0, 0.05) is 18.4 Å². The van der Waals surface area contributed by atoms with E-state index in [1.54, 1.807) is 39.9 Å². The Morgan fingerprint density at radius 3 is 2.49 bits per heavy atom. The van der Waals surface area contributed by atoms with Gasteiger partial charge in [0.15, 0.2) is 9.84 Å². The molecule has 0 fully saturated rings. The molecule has 3 heterocycles. The van der Waals surface area contributed by atoms with Gasteiger partial charge < -0.3 is 10.6 Å². The maximum absolute atomic E-state index is 13.6. The van der Waals surface area contributed by atoms with Crippen molar-refractivity contribution in [3.8, 4) is 16.9 Å². The summed E-state index contributed by atoms with van der Waals surface area (Å²) in [6.45, 7) is -1.19. The van der Waals surface area contributed by atoms with Crippen LogP contribution in [-0.2, 0) is 16.4 Å². The summed E-state index contributed by atoms with van der Waals surface area (Å²) in [4.78, 5) is 11.2. The zero-order valence-electron chi connectivity index (χ0n) is 20.7. The standard InChI is InChI=1S/C25H25F3N8O2S/c1-39(37,38)19-7-3-5-17(11-19)20-8-9-21-22(33-20)23(29)35(13-25(26,27)28)24(30)34(21)12-16-4-2-6-18(10-16)36-15-31-14-32-36/h2-11,14-15,23-24H,12-13,29-30H2,1H3. The summed E-state index contributed by atoms with van der Waals surface area (Å²) >= 11 is 0. The number of nitrogens with two attached hydrogens (primary N) is 2. The lowest BCUT2D eigenvalue weighted by Gasteiger charge is -2.46. The second-order valence-electron chi connectivity index (χ2n) is 9.18. The number of hydrogen-bond acceptors (Lipinski definition) is 9. The number of sulfone groups is 1. The number of alkyl halides is 3. The van der Waals surface area contributed by atoms with Gasteiger partial charge in [0.05, 0.1) is 34.2 Å². The SMILES string of the molecule is CS(=O)(=O)c1cccc(-c2ccc3c(n2)C(N)N(CC(F)(F)F)C(N)N3Cc2cccc(-n3cncn3)c2)c1. The Balaban J connectivity index is 1.57. The van der Waals surface area contributed by atoms with Crippen LogP contribution in [-0.4, -0.2) is 58.3 Å². The van der Waals surface area contributed by atoms with Gasteiger partial charge >= 0.3 is 6.18 Å². The van der Waals surface area contributed by atoms with Gasteiger partial charge in [0.2, 0.25) is 0 Å². The molecule has 2 aromatic heterocycles. The average molecular weight is 559 g/mol. The number of pyridine rings is 1. The fourth-order valence-corrected chi connectivity index (χ4v) is 5.20. The molecule has 0 spiro atoms. The van der Waals surface area contributed by atoms with Crippen LogP contribution in [0.5, 0.6) is 0 Å². The number of anilines is 1. The number of nitrogens with zero attached hydrogens (tertiary/aromatic N) is 6. The van der Waals surface area contributed by atoms with E-state index in [4.69, 9.17) is 11.5 Å². The van der Waals surface area contributed by atoms with Crippen LogP contribution in [0.3, 0.4) is 0 Å². The zero-order valence-corrected chi connectivity index (χ0v) is 21.5. The van der Waals surface area contributed by atoms with Gasteiger partial charge in [-0.05, 0) is 42.0 Å². The largest absolute Gasteiger partial charge is 0.401 e. The highest BCUT2D eigenvalue weighted by Gasteiger charge is 2.42. The minimum Gasteiger partial charge on any atom is -0.337 e. The molecule has 2 atom stereocenters. The molecule has 14 heteroatoms. The van der Waals surface area contributed by atoms with Crippen molar-refractivity contribution in [1.82, 2.24) is 24.6 Å². The van der Waals surface area contributed by atoms with E-state index in [0.29, 0.717) is 16.9 Å². The van der Waals surface area contributed by atoms with E-state index >= 15 is 0 Å². The molecule has 0 bridgehead atoms. The Morgan fingerprint density at radius 2 is 1.79 bits per heavy atom. The smallest absolute Gasteiger partial charge is 0.337 e. The molecular weight excluding hydrogens is 533 g/mol. The summed E-state index contributed by atoms with van der Waals surface area (Å²) in [7, 11) is -3.48. The lowest BCUT2D eigenvalue weighted by atomic mass is 10.1. The van der Waals surface area contributed by atoms with Gasteiger partial charge in [-0.15, -0.1) is 0 Å². The van der Waals surface area contributed by atoms with Crippen LogP contribution in [0.15, 0.2) is 78.2 Å². The van der Waals surface area contributed by atoms with E-state index in [1.807, 2.05) is 18.2 Å². The first-order valence-corrected chi connectivity index (χ1v) is 13.7. The highest BCUT2D eigenvalue weighted by atomic mass is 32.2. The maximum atomic E-state index is 13.6. The molecule has 0 saturated heterocycles. The van der Waals surface area contributed by atoms with E-state index in [1.165, 1.54) is 24.8 Å². The molecule has 1 aliphatic rings. The van der Waals surface area contributed by atoms with E-state index in [2.05, 4.69) is 15.1 Å². The second kappa shape index (κ2) is 10.0. The zero-order chi connectivity index (χ0) is 27.9. The summed E-state index contributed by atoms with van der Waals surface area (Å²) in [5.41, 5.74) is 15.7. The van der Waals surface area contributed by atoms with Crippen molar-refractivity contribution in [3.63, 3.8) is 0 Å². The van der Waals surface area contributed by atoms with Gasteiger partial charge in [-0.1, -0.05) is 24.3 Å². The lowest BCUT2D eigenvalue weighted by molar-refractivity contribution is -0.158. The Bertz CT molecular complexity index is 1600. The summed E-state index contributed by atoms with van der Waals surface area (Å²) in [5.74, 6) is 0. The third-order valence-corrected chi connectivity index (χ3v) is 7.49. The Labute approximate surface area is 222 Å². The molecule has 5 rings (SSSR count). The monoisotopic (exact) mass is 558 g/mol. The van der Waals surface area contributed by atoms with Crippen molar-refractivity contribution in [3.05, 3.63) is 84.6 Å². The van der Waals surface area contributed by atoms with Crippen LogP contribution in [0, 0.1) is 0 Å². The van der Waals surface area contributed by atoms with Crippen molar-refractivity contribution in [2.75, 3.05) is 17.7 Å². The highest BCUT2D eigenvalue weighted by molar-refractivity contribution is 7.90. The van der Waals surface area contributed by atoms with E-state index in [0.717, 1.165) is 22.4 Å². The van der Waals surface area contributed by atoms with Gasteiger partial charge in [0.1, 0.15) is 25.1 Å². The topological polar surface area (TPSA) is 136 Å². The number of fused-ring (bicyclic) bond motifs is 1. The molecule has 0 aliphatic carbocycles. The lowest BCUT2D eigenvalue weighted by Crippen LogP contribution is -2.62. The van der Waals surface area contributed by atoms with Crippen LogP contribution in [0.25, 0.3) is 16.9 Å². The van der Waals surface area contributed by atoms with Crippen LogP contribution < -0.4 is 16.4 Å². The van der Waals surface area contributed by atoms with Crippen molar-refractivity contribution in [1.29, 1.82) is 0 Å². The molecule has 204 valence electrons. The summed E-state index contributed by atoms with van der Waals surface area (Å²) < 4.78 is 66.3. The first-order chi connectivity index (χ1) is 18.4. The Kier molecular flexibility index (Phi) is 6.88. The van der Waals surface area contributed by atoms with Crippen LogP contribution >= 0.6 is 0 Å². The molecule has 0 radical (unpaired) electrons. The average Bonchev–Trinajstić information content (AvgIpc) is 3.43. The number of rotatable bonds is 6. The summed E-state index contributed by atoms with van der Waals surface area (Å²) in [6, 6.07) is 16.8. The first-order valence-electron chi connectivity index (χ1n) is 11.8. The number of hydrogen-bond donors (Lipinski definition) is 2. The molecule has 10 nitrogen and oxygen atoms in total. The van der Waals surface area contributed by atoms with Gasteiger partial charge in [-0.2, -0.15) is 18.3 Å². The predicted octanol–water partition coefficient (Wildman–Crippen LogP) is 2.82. The molecular formula is C25H25F3N8O2S. The third-order valence-electron chi connectivity index (χ3n) is 6.37. The van der Waals surface area contributed by atoms with Gasteiger partial charge in [-0.3, -0.25) is 5.73 Å². The number of halogens is 3. The van der Waals surface area contributed by atoms with Crippen molar-refractivity contribution < 1.29 is 21.6 Å². The van der Waals surface area contributed by atoms with Gasteiger partial charge in [-0.25, -0.2) is 28.0 Å². The Hall–Kier alpha value is -3.85.